The van der Waals surface area contributed by atoms with Gasteiger partial charge in [-0.3, -0.25) is 19.3 Å². The second-order valence-electron chi connectivity index (χ2n) is 11.7. The van der Waals surface area contributed by atoms with Crippen LogP contribution in [0.1, 0.15) is 68.8 Å². The minimum Gasteiger partial charge on any atom is -0.507 e. The van der Waals surface area contributed by atoms with Gasteiger partial charge in [-0.05, 0) is 13.0 Å². The molecule has 0 bridgehead atoms. The van der Waals surface area contributed by atoms with Gasteiger partial charge in [0.1, 0.15) is 29.5 Å². The van der Waals surface area contributed by atoms with E-state index in [1.54, 1.807) is 6.92 Å². The Bertz CT molecular complexity index is 1520. The average molecular weight is 614 g/mol. The van der Waals surface area contributed by atoms with Crippen molar-refractivity contribution in [3.63, 3.8) is 0 Å². The monoisotopic (exact) mass is 613 g/mol. The fourth-order valence-electron chi connectivity index (χ4n) is 6.96. The van der Waals surface area contributed by atoms with Crippen LogP contribution in [0.15, 0.2) is 18.2 Å². The summed E-state index contributed by atoms with van der Waals surface area (Å²) in [5.74, 6) is -3.68. The molecule has 0 saturated carbocycles. The number of fused-ring (bicyclic) bond motifs is 3. The van der Waals surface area contributed by atoms with Crippen molar-refractivity contribution in [3.8, 4) is 17.2 Å². The Morgan fingerprint density at radius 3 is 2.48 bits per heavy atom. The van der Waals surface area contributed by atoms with Crippen molar-refractivity contribution in [2.75, 3.05) is 40.0 Å². The summed E-state index contributed by atoms with van der Waals surface area (Å²) in [5.41, 5.74) is -3.52. The molecule has 4 aliphatic rings. The van der Waals surface area contributed by atoms with Gasteiger partial charge in [0.2, 0.25) is 5.78 Å². The zero-order valence-electron chi connectivity index (χ0n) is 24.3. The van der Waals surface area contributed by atoms with Gasteiger partial charge in [0.25, 0.3) is 0 Å². The molecule has 0 radical (unpaired) electrons. The molecule has 13 heteroatoms. The lowest BCUT2D eigenvalue weighted by atomic mass is 9.72. The topological polar surface area (TPSA) is 193 Å². The summed E-state index contributed by atoms with van der Waals surface area (Å²) in [7, 11) is 1.34. The molecule has 236 valence electrons. The van der Waals surface area contributed by atoms with E-state index in [2.05, 4.69) is 4.90 Å². The molecule has 13 nitrogen and oxygen atoms in total. The molecule has 2 aliphatic heterocycles. The molecule has 0 spiro atoms. The Morgan fingerprint density at radius 1 is 1.09 bits per heavy atom. The van der Waals surface area contributed by atoms with Gasteiger partial charge < -0.3 is 44.5 Å². The highest BCUT2D eigenvalue weighted by molar-refractivity contribution is 6.31. The number of phenolic OH excluding ortho intramolecular Hbond substituents is 2. The zero-order chi connectivity index (χ0) is 31.5. The highest BCUT2D eigenvalue weighted by Crippen LogP contribution is 2.52. The third-order valence-electron chi connectivity index (χ3n) is 9.24. The molecule has 0 aromatic heterocycles. The van der Waals surface area contributed by atoms with E-state index in [1.165, 1.54) is 25.3 Å². The van der Waals surface area contributed by atoms with Crippen molar-refractivity contribution in [1.82, 2.24) is 4.90 Å². The normalized spacial score (nSPS) is 30.3. The molecule has 2 aromatic rings. The van der Waals surface area contributed by atoms with E-state index in [9.17, 15) is 39.9 Å². The molecule has 0 amide bonds. The lowest BCUT2D eigenvalue weighted by Crippen LogP contribution is -2.58. The number of aliphatic hydroxyl groups is 3. The van der Waals surface area contributed by atoms with Crippen LogP contribution in [-0.4, -0.2) is 118 Å². The van der Waals surface area contributed by atoms with E-state index < -0.39 is 89.6 Å². The molecular formula is C31H35NO12. The number of Topliss-reactive ketones (excluding diaryl/α,β-unsaturated/α-hetero) is 1. The van der Waals surface area contributed by atoms with Crippen LogP contribution in [0.5, 0.6) is 17.2 Å². The number of carbonyl (C=O) groups excluding carboxylic acids is 3. The maximum Gasteiger partial charge on any atom is 0.202 e. The number of nitrogens with zero attached hydrogens (tertiary/aromatic N) is 1. The van der Waals surface area contributed by atoms with Crippen LogP contribution in [0.2, 0.25) is 0 Å². The summed E-state index contributed by atoms with van der Waals surface area (Å²) in [4.78, 5) is 42.3. The van der Waals surface area contributed by atoms with Crippen molar-refractivity contribution in [2.24, 2.45) is 0 Å². The maximum atomic E-state index is 13.8. The maximum absolute atomic E-state index is 13.8. The first-order chi connectivity index (χ1) is 21.0. The highest BCUT2D eigenvalue weighted by atomic mass is 16.7. The molecule has 4 unspecified atom stereocenters. The molecule has 5 N–H and O–H groups in total. The van der Waals surface area contributed by atoms with E-state index in [-0.39, 0.29) is 40.5 Å². The lowest BCUT2D eigenvalue weighted by molar-refractivity contribution is -0.260. The SMILES string of the molecule is COc1cccc2c1C(=O)c1c(O)c3c(c(O)c1C2=O)C[C@@](O)(C(=O)CO)C[C@@H]3OC1CC(N2CCOCC2)C(O)C(C)O1. The second-order valence-corrected chi connectivity index (χ2v) is 11.7. The Hall–Kier alpha value is -3.43. The molecule has 2 fully saturated rings. The van der Waals surface area contributed by atoms with Gasteiger partial charge in [0.15, 0.2) is 17.9 Å². The van der Waals surface area contributed by atoms with Crippen molar-refractivity contribution in [1.29, 1.82) is 0 Å². The van der Waals surface area contributed by atoms with E-state index in [0.29, 0.717) is 26.3 Å². The predicted octanol–water partition coefficient (Wildman–Crippen LogP) is 0.375. The Morgan fingerprint density at radius 2 is 1.80 bits per heavy atom. The van der Waals surface area contributed by atoms with Gasteiger partial charge in [-0.1, -0.05) is 12.1 Å². The number of benzene rings is 2. The quantitative estimate of drug-likeness (QED) is 0.240. The van der Waals surface area contributed by atoms with Gasteiger partial charge in [-0.15, -0.1) is 0 Å². The molecule has 2 aromatic carbocycles. The van der Waals surface area contributed by atoms with E-state index in [4.69, 9.17) is 18.9 Å². The average Bonchev–Trinajstić information content (AvgIpc) is 3.02. The van der Waals surface area contributed by atoms with Crippen LogP contribution in [0.4, 0.5) is 0 Å². The smallest absolute Gasteiger partial charge is 0.202 e. The van der Waals surface area contributed by atoms with Crippen LogP contribution in [0, 0.1) is 0 Å². The van der Waals surface area contributed by atoms with Crippen LogP contribution in [-0.2, 0) is 25.4 Å². The van der Waals surface area contributed by atoms with Crippen LogP contribution >= 0.6 is 0 Å². The van der Waals surface area contributed by atoms with Crippen LogP contribution in [0.3, 0.4) is 0 Å². The van der Waals surface area contributed by atoms with Gasteiger partial charge in [0, 0.05) is 55.1 Å². The number of aromatic hydroxyl groups is 2. The van der Waals surface area contributed by atoms with Gasteiger partial charge in [-0.25, -0.2) is 0 Å². The largest absolute Gasteiger partial charge is 0.507 e. The van der Waals surface area contributed by atoms with Gasteiger partial charge in [-0.2, -0.15) is 0 Å². The van der Waals surface area contributed by atoms with Gasteiger partial charge in [0.05, 0.1) is 55.3 Å². The summed E-state index contributed by atoms with van der Waals surface area (Å²) < 4.78 is 23.0. The number of ether oxygens (including phenoxy) is 4. The second kappa shape index (κ2) is 11.5. The zero-order valence-corrected chi connectivity index (χ0v) is 24.3. The Kier molecular flexibility index (Phi) is 7.99. The van der Waals surface area contributed by atoms with E-state index >= 15 is 0 Å². The summed E-state index contributed by atoms with van der Waals surface area (Å²) in [5, 5.41) is 55.2. The first-order valence-electron chi connectivity index (χ1n) is 14.5. The number of methoxy groups -OCH3 is 1. The van der Waals surface area contributed by atoms with Crippen LogP contribution in [0.25, 0.3) is 0 Å². The third kappa shape index (κ3) is 4.79. The number of aliphatic hydroxyl groups excluding tert-OH is 2. The molecule has 6 rings (SSSR count). The standard InChI is InChI=1S/C31H35NO12/c1-14-26(35)17(32-6-8-42-9-7-32)10-21(43-14)44-19-12-31(40,20(34)13-33)11-16-23(19)30(39)25-24(28(16)37)27(36)15-4-3-5-18(41-2)22(15)29(25)38/h3-5,14,17,19,21,26,33,35,37,39-40H,6-13H2,1-2H3/t14?,17?,19-,21?,26?,31-/m0/s1. The first-order valence-corrected chi connectivity index (χ1v) is 14.5. The minimum atomic E-state index is -2.24. The first kappa shape index (κ1) is 30.6. The summed E-state index contributed by atoms with van der Waals surface area (Å²) in [6, 6.07) is 4.04. The summed E-state index contributed by atoms with van der Waals surface area (Å²) >= 11 is 0. The Labute approximate surface area is 252 Å². The van der Waals surface area contributed by atoms with E-state index in [1.807, 2.05) is 0 Å². The van der Waals surface area contributed by atoms with Gasteiger partial charge >= 0.3 is 0 Å². The van der Waals surface area contributed by atoms with Crippen LogP contribution < -0.4 is 4.74 Å². The summed E-state index contributed by atoms with van der Waals surface area (Å²) in [6.07, 6.45) is -4.66. The number of morpholine rings is 1. The number of phenols is 2. The van der Waals surface area contributed by atoms with Crippen molar-refractivity contribution >= 4 is 17.3 Å². The number of hydrogen-bond donors (Lipinski definition) is 5. The number of hydrogen-bond acceptors (Lipinski definition) is 13. The fourth-order valence-corrected chi connectivity index (χ4v) is 6.96. The molecular weight excluding hydrogens is 578 g/mol. The number of ketones is 3. The van der Waals surface area contributed by atoms with E-state index in [0.717, 1.165) is 0 Å². The fraction of sp³-hybridized carbons (Fsp3) is 0.516. The Balaban J connectivity index is 1.45. The third-order valence-corrected chi connectivity index (χ3v) is 9.24. The van der Waals surface area contributed by atoms with Crippen molar-refractivity contribution in [3.05, 3.63) is 51.6 Å². The molecule has 6 atom stereocenters. The number of rotatable bonds is 6. The van der Waals surface area contributed by atoms with Crippen molar-refractivity contribution in [2.45, 2.75) is 62.4 Å². The number of carbonyl (C=O) groups is 3. The highest BCUT2D eigenvalue weighted by Gasteiger charge is 2.50. The lowest BCUT2D eigenvalue weighted by Gasteiger charge is -2.46. The molecule has 2 saturated heterocycles. The van der Waals surface area contributed by atoms with Crippen molar-refractivity contribution < 1.29 is 58.9 Å². The molecule has 44 heavy (non-hydrogen) atoms. The predicted molar refractivity (Wildman–Crippen MR) is 150 cm³/mol. The minimum absolute atomic E-state index is 0.0425. The summed E-state index contributed by atoms with van der Waals surface area (Å²) in [6.45, 7) is 2.83. The molecule has 2 heterocycles. The molecule has 2 aliphatic carbocycles.